The number of nitrogens with one attached hydrogen (secondary N) is 1. The smallest absolute Gasteiger partial charge is 0.319 e. The number of carbonyl (C=O) groups is 1. The van der Waals surface area contributed by atoms with Crippen molar-refractivity contribution in [3.63, 3.8) is 0 Å². The fourth-order valence-corrected chi connectivity index (χ4v) is 1.96. The second-order valence-electron chi connectivity index (χ2n) is 3.91. The van der Waals surface area contributed by atoms with E-state index in [2.05, 4.69) is 5.32 Å². The largest absolute Gasteiger partial charge is 0.339 e. The summed E-state index contributed by atoms with van der Waals surface area (Å²) in [5, 5.41) is 3.07. The van der Waals surface area contributed by atoms with Crippen LogP contribution in [0.4, 0.5) is 10.5 Å². The molecule has 1 aliphatic rings. The molecule has 1 fully saturated rings. The van der Waals surface area contributed by atoms with Crippen molar-refractivity contribution < 1.29 is 4.79 Å². The van der Waals surface area contributed by atoms with Crippen LogP contribution >= 0.6 is 11.8 Å². The Labute approximate surface area is 105 Å². The predicted octanol–water partition coefficient (Wildman–Crippen LogP) is 0.957. The first kappa shape index (κ1) is 12.2. The van der Waals surface area contributed by atoms with E-state index in [0.717, 1.165) is 4.42 Å². The molecule has 2 amide bonds. The van der Waals surface area contributed by atoms with Crippen LogP contribution in [0.5, 0.6) is 0 Å². The highest BCUT2D eigenvalue weighted by atomic mass is 35.5. The summed E-state index contributed by atoms with van der Waals surface area (Å²) in [5.74, 6) is 0. The van der Waals surface area contributed by atoms with Crippen LogP contribution in [0.25, 0.3) is 0 Å². The van der Waals surface area contributed by atoms with Gasteiger partial charge in [0.25, 0.3) is 0 Å². The Morgan fingerprint density at radius 3 is 2.82 bits per heavy atom. The van der Waals surface area contributed by atoms with E-state index < -0.39 is 0 Å². The first-order chi connectivity index (χ1) is 8.18. The van der Waals surface area contributed by atoms with Crippen molar-refractivity contribution in [2.24, 2.45) is 5.73 Å². The van der Waals surface area contributed by atoms with Crippen LogP contribution in [-0.4, -0.2) is 36.7 Å². The molecule has 0 radical (unpaired) electrons. The summed E-state index contributed by atoms with van der Waals surface area (Å²) >= 11 is 6.02. The quantitative estimate of drug-likeness (QED) is 0.734. The lowest BCUT2D eigenvalue weighted by atomic mass is 10.3. The first-order valence-corrected chi connectivity index (χ1v) is 5.81. The van der Waals surface area contributed by atoms with Gasteiger partial charge in [-0.2, -0.15) is 0 Å². The number of rotatable bonds is 1. The number of urea groups is 1. The van der Waals surface area contributed by atoms with Gasteiger partial charge in [-0.05, 0) is 12.1 Å². The number of hydrogen-bond acceptors (Lipinski definition) is 3. The van der Waals surface area contributed by atoms with Crippen molar-refractivity contribution in [2.75, 3.05) is 24.1 Å². The van der Waals surface area contributed by atoms with Crippen LogP contribution in [0.1, 0.15) is 0 Å². The highest BCUT2D eigenvalue weighted by Crippen LogP contribution is 2.18. The van der Waals surface area contributed by atoms with Crippen LogP contribution in [-0.2, 0) is 0 Å². The van der Waals surface area contributed by atoms with Gasteiger partial charge in [0.1, 0.15) is 0 Å². The molecular formula is C11H15ClN4O. The van der Waals surface area contributed by atoms with Crippen LogP contribution in [0.3, 0.4) is 0 Å². The molecule has 1 atom stereocenters. The lowest BCUT2D eigenvalue weighted by Gasteiger charge is -2.33. The van der Waals surface area contributed by atoms with Gasteiger partial charge in [-0.15, -0.1) is 0 Å². The van der Waals surface area contributed by atoms with Crippen molar-refractivity contribution in [2.45, 2.75) is 6.17 Å². The second kappa shape index (κ2) is 5.35. The molecule has 6 heteroatoms. The molecule has 1 saturated heterocycles. The predicted molar refractivity (Wildman–Crippen MR) is 67.7 cm³/mol. The Morgan fingerprint density at radius 1 is 1.47 bits per heavy atom. The van der Waals surface area contributed by atoms with Crippen molar-refractivity contribution in [1.82, 2.24) is 10.2 Å². The van der Waals surface area contributed by atoms with Crippen LogP contribution in [0.2, 0.25) is 0 Å². The van der Waals surface area contributed by atoms with Crippen LogP contribution in [0, 0.1) is 0 Å². The summed E-state index contributed by atoms with van der Waals surface area (Å²) in [7, 11) is 0. The molecule has 1 aliphatic heterocycles. The number of amides is 2. The minimum absolute atomic E-state index is 0.187. The Bertz CT molecular complexity index is 386. The summed E-state index contributed by atoms with van der Waals surface area (Å²) in [6, 6.07) is 8.87. The van der Waals surface area contributed by atoms with Gasteiger partial charge >= 0.3 is 6.03 Å². The number of halogens is 1. The van der Waals surface area contributed by atoms with Crippen molar-refractivity contribution in [3.05, 3.63) is 30.3 Å². The molecule has 0 aliphatic carbocycles. The third-order valence-electron chi connectivity index (χ3n) is 2.63. The topological polar surface area (TPSA) is 61.6 Å². The fourth-order valence-electron chi connectivity index (χ4n) is 1.75. The fraction of sp³-hybridized carbons (Fsp3) is 0.364. The maximum Gasteiger partial charge on any atom is 0.339 e. The Hall–Kier alpha value is -1.30. The molecule has 1 aromatic rings. The monoisotopic (exact) mass is 254 g/mol. The van der Waals surface area contributed by atoms with Crippen molar-refractivity contribution in [3.8, 4) is 0 Å². The minimum Gasteiger partial charge on any atom is -0.319 e. The standard InChI is InChI=1S/C11H15ClN4O/c12-16(9-4-2-1-3-5-9)11(17)15-7-6-14-10(13)8-15/h1-5,10,14H,6-8,13H2. The molecule has 0 bridgehead atoms. The summed E-state index contributed by atoms with van der Waals surface area (Å²) in [5.41, 5.74) is 6.39. The summed E-state index contributed by atoms with van der Waals surface area (Å²) in [4.78, 5) is 13.7. The molecule has 0 aromatic heterocycles. The maximum absolute atomic E-state index is 12.1. The average molecular weight is 255 g/mol. The van der Waals surface area contributed by atoms with E-state index in [9.17, 15) is 4.79 Å². The zero-order chi connectivity index (χ0) is 12.3. The van der Waals surface area contributed by atoms with E-state index in [4.69, 9.17) is 17.5 Å². The van der Waals surface area contributed by atoms with Crippen LogP contribution < -0.4 is 15.5 Å². The summed E-state index contributed by atoms with van der Waals surface area (Å²) in [6.45, 7) is 1.77. The number of hydrogen-bond donors (Lipinski definition) is 2. The van der Waals surface area contributed by atoms with E-state index in [0.29, 0.717) is 25.3 Å². The van der Waals surface area contributed by atoms with Gasteiger partial charge in [0.15, 0.2) is 0 Å². The van der Waals surface area contributed by atoms with E-state index in [1.807, 2.05) is 18.2 Å². The van der Waals surface area contributed by atoms with Crippen molar-refractivity contribution >= 4 is 23.5 Å². The normalized spacial score (nSPS) is 20.1. The molecule has 0 spiro atoms. The van der Waals surface area contributed by atoms with Crippen molar-refractivity contribution in [1.29, 1.82) is 0 Å². The first-order valence-electron chi connectivity index (χ1n) is 5.47. The number of para-hydroxylation sites is 1. The molecule has 2 rings (SSSR count). The molecule has 1 unspecified atom stereocenters. The molecule has 92 valence electrons. The molecule has 3 N–H and O–H groups in total. The molecule has 17 heavy (non-hydrogen) atoms. The van der Waals surface area contributed by atoms with E-state index >= 15 is 0 Å². The molecular weight excluding hydrogens is 240 g/mol. The van der Waals surface area contributed by atoms with Gasteiger partial charge in [0.2, 0.25) is 0 Å². The highest BCUT2D eigenvalue weighted by molar-refractivity contribution is 6.36. The number of nitrogens with two attached hydrogens (primary N) is 1. The lowest BCUT2D eigenvalue weighted by molar-refractivity contribution is 0.187. The molecule has 0 saturated carbocycles. The Balaban J connectivity index is 2.04. The van der Waals surface area contributed by atoms with Gasteiger partial charge in [-0.1, -0.05) is 18.2 Å². The summed E-state index contributed by atoms with van der Waals surface area (Å²) in [6.07, 6.45) is -0.187. The van der Waals surface area contributed by atoms with E-state index in [1.54, 1.807) is 17.0 Å². The SMILES string of the molecule is NC1CN(C(=O)N(Cl)c2ccccc2)CCN1. The maximum atomic E-state index is 12.1. The molecule has 5 nitrogen and oxygen atoms in total. The van der Waals surface area contributed by atoms with Crippen LogP contribution in [0.15, 0.2) is 30.3 Å². The Kier molecular flexibility index (Phi) is 3.83. The van der Waals surface area contributed by atoms with Gasteiger partial charge in [-0.3, -0.25) is 5.32 Å². The number of carbonyl (C=O) groups excluding carboxylic acids is 1. The zero-order valence-corrected chi connectivity index (χ0v) is 10.1. The molecule has 1 aromatic carbocycles. The lowest BCUT2D eigenvalue weighted by Crippen LogP contribution is -2.58. The van der Waals surface area contributed by atoms with E-state index in [1.165, 1.54) is 0 Å². The third kappa shape index (κ3) is 2.88. The van der Waals surface area contributed by atoms with Gasteiger partial charge in [0, 0.05) is 24.9 Å². The highest BCUT2D eigenvalue weighted by Gasteiger charge is 2.25. The number of benzene rings is 1. The number of anilines is 1. The Morgan fingerprint density at radius 2 is 2.18 bits per heavy atom. The summed E-state index contributed by atoms with van der Waals surface area (Å²) < 4.78 is 1.12. The third-order valence-corrected chi connectivity index (χ3v) is 2.97. The molecule has 1 heterocycles. The van der Waals surface area contributed by atoms with E-state index in [-0.39, 0.29) is 12.2 Å². The van der Waals surface area contributed by atoms with Gasteiger partial charge in [-0.25, -0.2) is 9.21 Å². The minimum atomic E-state index is -0.241. The zero-order valence-electron chi connectivity index (χ0n) is 9.34. The number of piperazine rings is 1. The van der Waals surface area contributed by atoms with Gasteiger partial charge in [0.05, 0.1) is 18.4 Å². The average Bonchev–Trinajstić information content (AvgIpc) is 2.38. The number of nitrogens with zero attached hydrogens (tertiary/aromatic N) is 2. The second-order valence-corrected chi connectivity index (χ2v) is 4.24. The van der Waals surface area contributed by atoms with Gasteiger partial charge < -0.3 is 10.6 Å².